The van der Waals surface area contributed by atoms with Crippen LogP contribution in [0.15, 0.2) is 195 Å². The van der Waals surface area contributed by atoms with E-state index in [1.807, 2.05) is 199 Å². The van der Waals surface area contributed by atoms with E-state index in [2.05, 4.69) is 79.4 Å². The molecule has 32 heteroatoms. The predicted octanol–water partition coefficient (Wildman–Crippen LogP) is 16.3. The van der Waals surface area contributed by atoms with E-state index in [1.54, 1.807) is 52.2 Å². The molecule has 6 aliphatic heterocycles. The fraction of sp³-hybridized carbons (Fsp3) is 0.324. The van der Waals surface area contributed by atoms with Gasteiger partial charge in [-0.2, -0.15) is 15.3 Å². The number of carbonyl (C=O) groups excluding carboxylic acids is 6. The van der Waals surface area contributed by atoms with E-state index in [0.29, 0.717) is 116 Å². The normalized spacial score (nSPS) is 16.0. The number of piperazine rings is 2. The van der Waals surface area contributed by atoms with E-state index >= 15 is 0 Å². The molecule has 15 aromatic rings. The van der Waals surface area contributed by atoms with Crippen molar-refractivity contribution in [1.29, 1.82) is 0 Å². The molecule has 6 aromatic carbocycles. The topological polar surface area (TPSA) is 319 Å². The van der Waals surface area contributed by atoms with Crippen molar-refractivity contribution in [1.82, 2.24) is 85.0 Å². The lowest BCUT2D eigenvalue weighted by Crippen LogP contribution is -2.48. The molecule has 3 N–H and O–H groups in total. The average Bonchev–Trinajstić information content (AvgIpc) is 1.64. The molecule has 0 spiro atoms. The van der Waals surface area contributed by atoms with E-state index in [9.17, 15) is 28.8 Å². The first kappa shape index (κ1) is 92.5. The van der Waals surface area contributed by atoms with Crippen LogP contribution in [0.5, 0.6) is 0 Å². The number of hydrogen-bond donors (Lipinski definition) is 3. The van der Waals surface area contributed by atoms with Crippen LogP contribution < -0.4 is 14.7 Å². The molecule has 5 fully saturated rings. The molecule has 0 radical (unpaired) electrons. The second-order valence-electron chi connectivity index (χ2n) is 35.1. The third-order valence-electron chi connectivity index (χ3n) is 25.8. The summed E-state index contributed by atoms with van der Waals surface area (Å²) in [6, 6.07) is 50.4. The van der Waals surface area contributed by atoms with Gasteiger partial charge in [0.2, 0.25) is 17.7 Å². The quantitative estimate of drug-likeness (QED) is 0.0403. The number of hydrogen-bond acceptors (Lipinski definition) is 26. The number of amides is 3. The Kier molecular flexibility index (Phi) is 29.5. The van der Waals surface area contributed by atoms with Crippen molar-refractivity contribution in [2.75, 3.05) is 159 Å². The molecule has 5 saturated heterocycles. The highest BCUT2D eigenvalue weighted by Gasteiger charge is 2.31. The lowest BCUT2D eigenvalue weighted by molar-refractivity contribution is -0.134. The fourth-order valence-electron chi connectivity index (χ4n) is 18.0. The molecule has 21 rings (SSSR count). The van der Waals surface area contributed by atoms with Gasteiger partial charge >= 0.3 is 0 Å². The van der Waals surface area contributed by atoms with Crippen molar-refractivity contribution < 1.29 is 43.0 Å². The van der Waals surface area contributed by atoms with Crippen LogP contribution in [0.2, 0.25) is 0 Å². The third-order valence-corrected chi connectivity index (χ3v) is 29.2. The molecule has 6 aliphatic rings. The number of allylic oxidation sites excluding steroid dienone is 3. The molecule has 29 nitrogen and oxygen atoms in total. The number of carbonyl (C=O) groups is 6. The Balaban J connectivity index is 0.000000132. The Morgan fingerprint density at radius 3 is 1.26 bits per heavy atom. The molecule has 0 bridgehead atoms. The summed E-state index contributed by atoms with van der Waals surface area (Å²) in [6.07, 6.45) is 20.9. The zero-order chi connectivity index (χ0) is 93.5. The molecule has 3 amide bonds. The van der Waals surface area contributed by atoms with Gasteiger partial charge in [0.15, 0.2) is 52.3 Å². The molecule has 0 saturated carbocycles. The van der Waals surface area contributed by atoms with E-state index in [0.717, 1.165) is 210 Å². The number of anilines is 3. The minimum absolute atomic E-state index is 0.0239. The van der Waals surface area contributed by atoms with Gasteiger partial charge in [-0.05, 0) is 109 Å². The first-order chi connectivity index (χ1) is 67.1. The summed E-state index contributed by atoms with van der Waals surface area (Å²) in [5.74, 6) is 5.11. The SMILES string of the molecule is Cc1ccc(/C=C/C(=O)CCC(=O)N2CCN(Cc3cc4nc(-c5cccc6[nH]ncc56)nc(N5CCOCC5)c4s3)CC2)cc1.Cc1ccccc1/C=C/C(=O)CCC(=O)N1CCN(Cc2cc3nc(-c4cccc5[nH]ncc45)nc(N4CCOCC4)c3s2)CC1.O=C(/C=C/c1ccccc1)CCCC(=O)N1CC=C(c2cc3nc(-c4cccc5[nH]ncc45)nc(N4CCOCC4)c3s2)CC1. The highest BCUT2D eigenvalue weighted by molar-refractivity contribution is 7.21. The number of morpholine rings is 3. The zero-order valence-corrected chi connectivity index (χ0v) is 79.3. The third kappa shape index (κ3) is 22.6. The number of fused-ring (bicyclic) bond motifs is 6. The standard InChI is InChI=1S/2C35H37N7O3S.C35H34N6O3S/c1-24-5-2-3-6-25(24)9-10-26(43)11-12-32(44)41-15-13-40(14-16-41)23-27-21-31-33(46-27)35(42-17-19-45-20-18-42)38-34(37-31)28-7-4-8-30-29(28)22-36-39-30;1-24-5-7-25(8-6-24)9-10-26(43)11-12-32(44)41-15-13-40(14-16-41)23-27-21-31-33(46-27)35(42-17-19-45-20-18-42)38-34(37-31)28-3-2-4-30-29(28)22-36-39-30;42-26(13-12-24-6-2-1-3-7-24)8-4-11-32(43)40-16-14-25(15-17-40)31-22-30-33(45-31)35(41-18-20-44-21-19-41)38-34(37-30)27-9-5-10-29-28(27)23-36-39-29/h2*2-10,21-22H,11-20,23H2,1H3,(H,36,39);1-3,5-7,9-10,12-14,22-23H,4,8,11,15-21H2,(H,36,39)/b2*10-9+;13-12+. The minimum atomic E-state index is -0.0264. The summed E-state index contributed by atoms with van der Waals surface area (Å²) < 4.78 is 20.2. The maximum atomic E-state index is 12.9. The number of aryl methyl sites for hydroxylation is 2. The van der Waals surface area contributed by atoms with Crippen LogP contribution in [0, 0.1) is 13.8 Å². The molecule has 15 heterocycles. The monoisotopic (exact) mass is 1890 g/mol. The van der Waals surface area contributed by atoms with Crippen LogP contribution in [-0.2, 0) is 56.1 Å². The summed E-state index contributed by atoms with van der Waals surface area (Å²) in [5.41, 5.74) is 15.1. The number of H-pyrrole nitrogens is 3. The summed E-state index contributed by atoms with van der Waals surface area (Å²) >= 11 is 5.22. The van der Waals surface area contributed by atoms with Crippen molar-refractivity contribution in [3.8, 4) is 34.2 Å². The van der Waals surface area contributed by atoms with Crippen LogP contribution in [0.3, 0.4) is 0 Å². The average molecular weight is 1890 g/mol. The summed E-state index contributed by atoms with van der Waals surface area (Å²) in [4.78, 5) is 127. The lowest BCUT2D eigenvalue weighted by Gasteiger charge is -2.34. The number of nitrogens with one attached hydrogen (secondary N) is 3. The van der Waals surface area contributed by atoms with Crippen LogP contribution >= 0.6 is 34.0 Å². The molecule has 137 heavy (non-hydrogen) atoms. The number of nitrogens with zero attached hydrogens (tertiary/aromatic N) is 17. The van der Waals surface area contributed by atoms with Crippen molar-refractivity contribution in [3.05, 3.63) is 237 Å². The lowest BCUT2D eigenvalue weighted by atomic mass is 10.1. The highest BCUT2D eigenvalue weighted by atomic mass is 32.1. The maximum absolute atomic E-state index is 12.9. The van der Waals surface area contributed by atoms with Gasteiger partial charge in [-0.3, -0.25) is 53.9 Å². The van der Waals surface area contributed by atoms with E-state index in [-0.39, 0.29) is 60.8 Å². The molecule has 0 atom stereocenters. The van der Waals surface area contributed by atoms with Crippen molar-refractivity contribution in [3.63, 3.8) is 0 Å². The van der Waals surface area contributed by atoms with Gasteiger partial charge in [-0.1, -0.05) is 145 Å². The van der Waals surface area contributed by atoms with Gasteiger partial charge in [0.1, 0.15) is 0 Å². The number of rotatable bonds is 27. The van der Waals surface area contributed by atoms with Gasteiger partial charge < -0.3 is 43.6 Å². The van der Waals surface area contributed by atoms with Gasteiger partial charge in [-0.25, -0.2) is 29.9 Å². The Labute approximate surface area is 805 Å². The Bertz CT molecular complexity index is 7000. The maximum Gasteiger partial charge on any atom is 0.223 e. The number of thiophene rings is 3. The second kappa shape index (κ2) is 43.6. The predicted molar refractivity (Wildman–Crippen MR) is 543 cm³/mol. The Hall–Kier alpha value is -13.6. The van der Waals surface area contributed by atoms with Gasteiger partial charge in [-0.15, -0.1) is 34.0 Å². The van der Waals surface area contributed by atoms with E-state index < -0.39 is 0 Å². The largest absolute Gasteiger partial charge is 0.378 e. The summed E-state index contributed by atoms with van der Waals surface area (Å²) in [5, 5.41) is 24.8. The highest BCUT2D eigenvalue weighted by Crippen LogP contribution is 2.43. The van der Waals surface area contributed by atoms with E-state index in [4.69, 9.17) is 44.1 Å². The molecular weight excluding hydrogens is 1780 g/mol. The Morgan fingerprint density at radius 2 is 0.803 bits per heavy atom. The molecule has 700 valence electrons. The number of ether oxygens (including phenoxy) is 3. The van der Waals surface area contributed by atoms with Crippen molar-refractivity contribution >= 4 is 174 Å². The van der Waals surface area contributed by atoms with Gasteiger partial charge in [0.25, 0.3) is 0 Å². The van der Waals surface area contributed by atoms with Crippen LogP contribution in [0.25, 0.3) is 121 Å². The Morgan fingerprint density at radius 1 is 0.387 bits per heavy atom. The number of benzene rings is 6. The van der Waals surface area contributed by atoms with Gasteiger partial charge in [0, 0.05) is 204 Å². The molecule has 0 unspecified atom stereocenters. The van der Waals surface area contributed by atoms with Crippen LogP contribution in [-0.4, -0.2) is 264 Å². The number of aromatic nitrogens is 12. The minimum Gasteiger partial charge on any atom is -0.378 e. The molecule has 9 aromatic heterocycles. The van der Waals surface area contributed by atoms with Crippen molar-refractivity contribution in [2.45, 2.75) is 78.3 Å². The fourth-order valence-corrected chi connectivity index (χ4v) is 21.5. The molecule has 0 aliphatic carbocycles. The van der Waals surface area contributed by atoms with E-state index in [1.165, 1.54) is 20.9 Å². The zero-order valence-electron chi connectivity index (χ0n) is 76.8. The first-order valence-corrected chi connectivity index (χ1v) is 49.5. The second-order valence-corrected chi connectivity index (χ2v) is 38.4. The number of aromatic amines is 3. The van der Waals surface area contributed by atoms with Gasteiger partial charge in [0.05, 0.1) is 105 Å². The summed E-state index contributed by atoms with van der Waals surface area (Å²) in [6.45, 7) is 21.4. The first-order valence-electron chi connectivity index (χ1n) is 47.1. The van der Waals surface area contributed by atoms with Crippen LogP contribution in [0.4, 0.5) is 17.5 Å². The van der Waals surface area contributed by atoms with Crippen LogP contribution in [0.1, 0.15) is 93.8 Å². The summed E-state index contributed by atoms with van der Waals surface area (Å²) in [7, 11) is 0. The number of ketones is 3. The smallest absolute Gasteiger partial charge is 0.223 e. The van der Waals surface area contributed by atoms with Crippen molar-refractivity contribution in [2.24, 2.45) is 0 Å². The molecular formula is C105H108N20O9S3.